The lowest BCUT2D eigenvalue weighted by Gasteiger charge is -2.36. The topological polar surface area (TPSA) is 94.3 Å². The molecule has 10 heteroatoms. The Kier molecular flexibility index (Phi) is 11.1. The summed E-state index contributed by atoms with van der Waals surface area (Å²) in [6.45, 7) is 9.13. The normalized spacial score (nSPS) is 17.2. The Hall–Kier alpha value is -1.95. The molecule has 32 heavy (non-hydrogen) atoms. The van der Waals surface area contributed by atoms with E-state index in [1.807, 2.05) is 4.90 Å². The van der Waals surface area contributed by atoms with Crippen LogP contribution in [-0.4, -0.2) is 83.8 Å². The minimum Gasteiger partial charge on any atom is -0.356 e. The van der Waals surface area contributed by atoms with E-state index in [1.165, 1.54) is 12.1 Å². The molecular formula is C22H35IN6O3. The molecule has 1 aromatic carbocycles. The summed E-state index contributed by atoms with van der Waals surface area (Å²) in [6, 6.07) is 6.55. The summed E-state index contributed by atoms with van der Waals surface area (Å²) in [5.41, 5.74) is 1.03. The van der Waals surface area contributed by atoms with E-state index in [2.05, 4.69) is 22.0 Å². The zero-order valence-corrected chi connectivity index (χ0v) is 21.2. The van der Waals surface area contributed by atoms with E-state index in [9.17, 15) is 14.9 Å². The first kappa shape index (κ1) is 26.3. The summed E-state index contributed by atoms with van der Waals surface area (Å²) in [5, 5.41) is 14.3. The summed E-state index contributed by atoms with van der Waals surface area (Å²) >= 11 is 0. The third kappa shape index (κ3) is 7.88. The average molecular weight is 558 g/mol. The number of nitrogens with one attached hydrogen (secondary N) is 1. The lowest BCUT2D eigenvalue weighted by molar-refractivity contribution is -0.384. The van der Waals surface area contributed by atoms with Crippen molar-refractivity contribution in [3.8, 4) is 0 Å². The minimum absolute atomic E-state index is 0. The zero-order valence-electron chi connectivity index (χ0n) is 18.9. The number of carbonyl (C=O) groups is 1. The number of nitro benzene ring substituents is 1. The maximum absolute atomic E-state index is 12.4. The molecule has 2 heterocycles. The highest BCUT2D eigenvalue weighted by Crippen LogP contribution is 2.13. The van der Waals surface area contributed by atoms with Crippen LogP contribution in [-0.2, 0) is 11.3 Å². The molecule has 0 unspecified atom stereocenters. The summed E-state index contributed by atoms with van der Waals surface area (Å²) in [7, 11) is 0. The number of benzene rings is 1. The van der Waals surface area contributed by atoms with Gasteiger partial charge in [0, 0.05) is 57.9 Å². The van der Waals surface area contributed by atoms with Gasteiger partial charge in [0.1, 0.15) is 0 Å². The van der Waals surface area contributed by atoms with E-state index in [1.54, 1.807) is 12.1 Å². The van der Waals surface area contributed by atoms with Crippen LogP contribution >= 0.6 is 24.0 Å². The molecule has 0 bridgehead atoms. The second kappa shape index (κ2) is 13.6. The molecule has 1 N–H and O–H groups in total. The van der Waals surface area contributed by atoms with Crippen LogP contribution in [0.1, 0.15) is 38.2 Å². The molecule has 0 aliphatic carbocycles. The fourth-order valence-corrected chi connectivity index (χ4v) is 3.91. The van der Waals surface area contributed by atoms with Crippen molar-refractivity contribution in [3.63, 3.8) is 0 Å². The smallest absolute Gasteiger partial charge is 0.269 e. The SMILES string of the molecule is CCCCNC(=NCc1ccc([N+](=O)[O-])cc1)N1CCN(CC(=O)N2CCCC2)CC1.I. The summed E-state index contributed by atoms with van der Waals surface area (Å²) in [6.07, 6.45) is 4.42. The molecular weight excluding hydrogens is 523 g/mol. The second-order valence-corrected chi connectivity index (χ2v) is 8.19. The fourth-order valence-electron chi connectivity index (χ4n) is 3.91. The van der Waals surface area contributed by atoms with Gasteiger partial charge in [-0.1, -0.05) is 25.5 Å². The average Bonchev–Trinajstić information content (AvgIpc) is 3.32. The van der Waals surface area contributed by atoms with E-state index in [4.69, 9.17) is 4.99 Å². The van der Waals surface area contributed by atoms with Crippen molar-refractivity contribution in [3.05, 3.63) is 39.9 Å². The number of carbonyl (C=O) groups excluding carboxylic acids is 1. The number of rotatable bonds is 8. The number of guanidine groups is 1. The standard InChI is InChI=1S/C22H34N6O3.HI/c1-2-3-10-23-22(24-17-19-6-8-20(9-7-19)28(30)31)27-15-13-25(14-16-27)18-21(29)26-11-4-5-12-26;/h6-9H,2-5,10-18H2,1H3,(H,23,24);1H. The van der Waals surface area contributed by atoms with Crippen molar-refractivity contribution in [1.82, 2.24) is 20.0 Å². The Morgan fingerprint density at radius 3 is 2.31 bits per heavy atom. The van der Waals surface area contributed by atoms with Gasteiger partial charge in [0.2, 0.25) is 5.91 Å². The van der Waals surface area contributed by atoms with E-state index in [0.717, 1.165) is 83.0 Å². The number of hydrogen-bond acceptors (Lipinski definition) is 5. The third-order valence-electron chi connectivity index (χ3n) is 5.86. The van der Waals surface area contributed by atoms with Crippen molar-refractivity contribution >= 4 is 41.5 Å². The summed E-state index contributed by atoms with van der Waals surface area (Å²) in [5.74, 6) is 1.12. The number of halogens is 1. The lowest BCUT2D eigenvalue weighted by atomic mass is 10.2. The molecule has 3 rings (SSSR count). The van der Waals surface area contributed by atoms with Crippen LogP contribution in [0, 0.1) is 10.1 Å². The first-order valence-electron chi connectivity index (χ1n) is 11.3. The Labute approximate surface area is 207 Å². The largest absolute Gasteiger partial charge is 0.356 e. The van der Waals surface area contributed by atoms with Gasteiger partial charge in [-0.25, -0.2) is 4.99 Å². The molecule has 0 aromatic heterocycles. The lowest BCUT2D eigenvalue weighted by Crippen LogP contribution is -2.54. The Balaban J connectivity index is 0.00000363. The second-order valence-electron chi connectivity index (χ2n) is 8.19. The van der Waals surface area contributed by atoms with Gasteiger partial charge in [0.05, 0.1) is 18.0 Å². The van der Waals surface area contributed by atoms with E-state index in [-0.39, 0.29) is 35.6 Å². The predicted molar refractivity (Wildman–Crippen MR) is 136 cm³/mol. The number of piperazine rings is 1. The molecule has 0 atom stereocenters. The number of hydrogen-bond donors (Lipinski definition) is 1. The minimum atomic E-state index is -0.390. The predicted octanol–water partition coefficient (Wildman–Crippen LogP) is 2.70. The van der Waals surface area contributed by atoms with Gasteiger partial charge >= 0.3 is 0 Å². The Bertz CT molecular complexity index is 759. The van der Waals surface area contributed by atoms with Gasteiger partial charge in [-0.15, -0.1) is 24.0 Å². The fraction of sp³-hybridized carbons (Fsp3) is 0.636. The molecule has 2 aliphatic heterocycles. The summed E-state index contributed by atoms with van der Waals surface area (Å²) < 4.78 is 0. The van der Waals surface area contributed by atoms with Gasteiger partial charge in [-0.3, -0.25) is 19.8 Å². The maximum atomic E-state index is 12.4. The van der Waals surface area contributed by atoms with Crippen LogP contribution < -0.4 is 5.32 Å². The van der Waals surface area contributed by atoms with Gasteiger partial charge in [0.15, 0.2) is 5.96 Å². The highest BCUT2D eigenvalue weighted by Gasteiger charge is 2.24. The van der Waals surface area contributed by atoms with E-state index >= 15 is 0 Å². The van der Waals surface area contributed by atoms with Crippen LogP contribution in [0.15, 0.2) is 29.3 Å². The summed E-state index contributed by atoms with van der Waals surface area (Å²) in [4.78, 5) is 34.1. The van der Waals surface area contributed by atoms with Crippen LogP contribution in [0.4, 0.5) is 5.69 Å². The van der Waals surface area contributed by atoms with Crippen molar-refractivity contribution in [2.75, 3.05) is 52.4 Å². The zero-order chi connectivity index (χ0) is 22.1. The molecule has 1 aromatic rings. The van der Waals surface area contributed by atoms with Gasteiger partial charge in [-0.05, 0) is 24.8 Å². The monoisotopic (exact) mass is 558 g/mol. The third-order valence-corrected chi connectivity index (χ3v) is 5.86. The van der Waals surface area contributed by atoms with E-state index in [0.29, 0.717) is 13.1 Å². The number of unbranched alkanes of at least 4 members (excludes halogenated alkanes) is 1. The molecule has 0 spiro atoms. The first-order valence-corrected chi connectivity index (χ1v) is 11.3. The first-order chi connectivity index (χ1) is 15.1. The Morgan fingerprint density at radius 1 is 1.06 bits per heavy atom. The molecule has 1 amide bonds. The van der Waals surface area contributed by atoms with E-state index < -0.39 is 4.92 Å². The number of likely N-dealkylation sites (tertiary alicyclic amines) is 1. The number of amides is 1. The number of non-ortho nitro benzene ring substituents is 1. The highest BCUT2D eigenvalue weighted by atomic mass is 127. The van der Waals surface area contributed by atoms with Crippen LogP contribution in [0.2, 0.25) is 0 Å². The van der Waals surface area contributed by atoms with Crippen LogP contribution in [0.25, 0.3) is 0 Å². The molecule has 9 nitrogen and oxygen atoms in total. The van der Waals surface area contributed by atoms with Crippen molar-refractivity contribution in [2.45, 2.75) is 39.2 Å². The van der Waals surface area contributed by atoms with Gasteiger partial charge in [0.25, 0.3) is 5.69 Å². The molecule has 2 saturated heterocycles. The molecule has 2 aliphatic rings. The molecule has 178 valence electrons. The molecule has 0 radical (unpaired) electrons. The quantitative estimate of drug-likeness (QED) is 0.132. The van der Waals surface area contributed by atoms with Gasteiger partial charge < -0.3 is 15.1 Å². The number of aliphatic imine (C=N–C) groups is 1. The van der Waals surface area contributed by atoms with Crippen molar-refractivity contribution in [1.29, 1.82) is 0 Å². The Morgan fingerprint density at radius 2 is 1.72 bits per heavy atom. The van der Waals surface area contributed by atoms with Crippen molar-refractivity contribution < 1.29 is 9.72 Å². The van der Waals surface area contributed by atoms with Crippen LogP contribution in [0.5, 0.6) is 0 Å². The van der Waals surface area contributed by atoms with Crippen LogP contribution in [0.3, 0.4) is 0 Å². The van der Waals surface area contributed by atoms with Crippen molar-refractivity contribution in [2.24, 2.45) is 4.99 Å². The number of nitro groups is 1. The number of nitrogens with zero attached hydrogens (tertiary/aromatic N) is 5. The highest BCUT2D eigenvalue weighted by molar-refractivity contribution is 14.0. The molecule has 2 fully saturated rings. The maximum Gasteiger partial charge on any atom is 0.269 e. The molecule has 0 saturated carbocycles. The van der Waals surface area contributed by atoms with Gasteiger partial charge in [-0.2, -0.15) is 0 Å².